The van der Waals surface area contributed by atoms with Crippen LogP contribution < -0.4 is 10.6 Å². The van der Waals surface area contributed by atoms with Crippen LogP contribution in [0.5, 0.6) is 0 Å². The number of methoxy groups -OCH3 is 1. The fraction of sp³-hybridized carbons (Fsp3) is 0.692. The molecule has 1 saturated carbocycles. The van der Waals surface area contributed by atoms with E-state index in [0.29, 0.717) is 19.7 Å². The van der Waals surface area contributed by atoms with Crippen LogP contribution >= 0.6 is 36.2 Å². The summed E-state index contributed by atoms with van der Waals surface area (Å²) >= 11 is 1.64. The van der Waals surface area contributed by atoms with Gasteiger partial charge < -0.3 is 15.4 Å². The molecule has 1 heterocycles. The van der Waals surface area contributed by atoms with E-state index in [0.717, 1.165) is 30.0 Å². The molecule has 122 valence electrons. The van der Waals surface area contributed by atoms with E-state index in [1.807, 2.05) is 12.3 Å². The van der Waals surface area contributed by atoms with Crippen LogP contribution in [0.3, 0.4) is 0 Å². The van der Waals surface area contributed by atoms with E-state index in [1.54, 1.807) is 18.4 Å². The highest BCUT2D eigenvalue weighted by atomic mass is 35.5. The lowest BCUT2D eigenvalue weighted by molar-refractivity contribution is -0.123. The quantitative estimate of drug-likeness (QED) is 0.734. The summed E-state index contributed by atoms with van der Waals surface area (Å²) in [4.78, 5) is 16.5. The molecule has 0 bridgehead atoms. The molecule has 0 unspecified atom stereocenters. The van der Waals surface area contributed by atoms with E-state index in [2.05, 4.69) is 15.6 Å². The number of ether oxygens (including phenoxy) is 1. The fourth-order valence-corrected chi connectivity index (χ4v) is 3.20. The van der Waals surface area contributed by atoms with Crippen molar-refractivity contribution in [1.29, 1.82) is 0 Å². The maximum Gasteiger partial charge on any atom is 0.234 e. The Hall–Kier alpha value is -0.400. The van der Waals surface area contributed by atoms with Crippen molar-refractivity contribution in [3.8, 4) is 0 Å². The maximum absolute atomic E-state index is 12.0. The summed E-state index contributed by atoms with van der Waals surface area (Å²) in [6.07, 6.45) is 3.13. The molecule has 0 saturated heterocycles. The first kappa shape index (κ1) is 20.6. The van der Waals surface area contributed by atoms with Gasteiger partial charge in [-0.25, -0.2) is 4.98 Å². The van der Waals surface area contributed by atoms with Crippen molar-refractivity contribution in [2.75, 3.05) is 26.8 Å². The molecule has 2 N–H and O–H groups in total. The third-order valence-corrected chi connectivity index (χ3v) is 4.55. The molecule has 1 aromatic rings. The zero-order chi connectivity index (χ0) is 13.7. The minimum atomic E-state index is -0.209. The van der Waals surface area contributed by atoms with Gasteiger partial charge >= 0.3 is 0 Å². The molecule has 1 aromatic heterocycles. The molecule has 1 fully saturated rings. The molecule has 8 heteroatoms. The first-order valence-electron chi connectivity index (χ1n) is 6.59. The van der Waals surface area contributed by atoms with Gasteiger partial charge in [0.15, 0.2) is 0 Å². The monoisotopic (exact) mass is 355 g/mol. The van der Waals surface area contributed by atoms with Crippen molar-refractivity contribution in [2.45, 2.75) is 31.7 Å². The van der Waals surface area contributed by atoms with Gasteiger partial charge in [-0.3, -0.25) is 4.79 Å². The predicted octanol–water partition coefficient (Wildman–Crippen LogP) is 2.03. The Bertz CT molecular complexity index is 439. The van der Waals surface area contributed by atoms with E-state index in [9.17, 15) is 4.79 Å². The number of nitrogens with zero attached hydrogens (tertiary/aromatic N) is 1. The minimum Gasteiger partial charge on any atom is -0.383 e. The summed E-state index contributed by atoms with van der Waals surface area (Å²) in [7, 11) is 1.65. The van der Waals surface area contributed by atoms with Gasteiger partial charge in [0.05, 0.1) is 18.7 Å². The number of hydrogen-bond acceptors (Lipinski definition) is 5. The van der Waals surface area contributed by atoms with E-state index < -0.39 is 0 Å². The lowest BCUT2D eigenvalue weighted by Gasteiger charge is -2.40. The molecular weight excluding hydrogens is 333 g/mol. The Morgan fingerprint density at radius 1 is 1.48 bits per heavy atom. The zero-order valence-corrected chi connectivity index (χ0v) is 14.8. The third-order valence-electron chi connectivity index (χ3n) is 3.38. The zero-order valence-electron chi connectivity index (χ0n) is 12.3. The Kier molecular flexibility index (Phi) is 9.40. The summed E-state index contributed by atoms with van der Waals surface area (Å²) < 4.78 is 4.93. The van der Waals surface area contributed by atoms with Gasteiger partial charge in [-0.05, 0) is 26.2 Å². The highest BCUT2D eigenvalue weighted by molar-refractivity contribution is 7.09. The molecule has 0 atom stereocenters. The Morgan fingerprint density at radius 3 is 2.67 bits per heavy atom. The molecule has 0 radical (unpaired) electrons. The number of thiazole rings is 1. The van der Waals surface area contributed by atoms with E-state index >= 15 is 0 Å². The largest absolute Gasteiger partial charge is 0.383 e. The van der Waals surface area contributed by atoms with Crippen LogP contribution in [0.1, 0.15) is 30.0 Å². The molecule has 5 nitrogen and oxygen atoms in total. The van der Waals surface area contributed by atoms with Gasteiger partial charge in [-0.15, -0.1) is 36.2 Å². The van der Waals surface area contributed by atoms with Gasteiger partial charge in [0.25, 0.3) is 0 Å². The van der Waals surface area contributed by atoms with Crippen molar-refractivity contribution >= 4 is 42.1 Å². The second-order valence-electron chi connectivity index (χ2n) is 4.95. The molecular formula is C13H23Cl2N3O2S. The number of carbonyl (C=O) groups is 1. The molecule has 1 aliphatic carbocycles. The smallest absolute Gasteiger partial charge is 0.234 e. The number of nitrogens with one attached hydrogen (secondary N) is 2. The van der Waals surface area contributed by atoms with Gasteiger partial charge in [-0.2, -0.15) is 0 Å². The van der Waals surface area contributed by atoms with Gasteiger partial charge in [0.2, 0.25) is 5.91 Å². The lowest BCUT2D eigenvalue weighted by Crippen LogP contribution is -2.53. The predicted molar refractivity (Wildman–Crippen MR) is 89.8 cm³/mol. The summed E-state index contributed by atoms with van der Waals surface area (Å²) in [5, 5.41) is 9.28. The highest BCUT2D eigenvalue weighted by Crippen LogP contribution is 2.42. The normalized spacial score (nSPS) is 15.3. The van der Waals surface area contributed by atoms with Crippen molar-refractivity contribution in [3.05, 3.63) is 16.1 Å². The number of carbonyl (C=O) groups excluding carboxylic acids is 1. The SMILES string of the molecule is COCCNCC(=O)NC1(c2nc(C)cs2)CCC1.Cl.Cl. The van der Waals surface area contributed by atoms with Crippen molar-refractivity contribution in [1.82, 2.24) is 15.6 Å². The number of amides is 1. The number of halogens is 2. The fourth-order valence-electron chi connectivity index (χ4n) is 2.18. The second kappa shape index (κ2) is 9.58. The molecule has 0 aliphatic heterocycles. The molecule has 21 heavy (non-hydrogen) atoms. The number of aryl methyl sites for hydroxylation is 1. The van der Waals surface area contributed by atoms with E-state index in [4.69, 9.17) is 4.74 Å². The van der Waals surface area contributed by atoms with E-state index in [1.165, 1.54) is 0 Å². The van der Waals surface area contributed by atoms with Crippen LogP contribution in [-0.2, 0) is 15.1 Å². The summed E-state index contributed by atoms with van der Waals surface area (Å²) in [5.41, 5.74) is 0.817. The van der Waals surface area contributed by atoms with Crippen molar-refractivity contribution < 1.29 is 9.53 Å². The van der Waals surface area contributed by atoms with Crippen LogP contribution in [-0.4, -0.2) is 37.7 Å². The van der Waals surface area contributed by atoms with Crippen LogP contribution in [0.15, 0.2) is 5.38 Å². The van der Waals surface area contributed by atoms with Crippen molar-refractivity contribution in [2.24, 2.45) is 0 Å². The van der Waals surface area contributed by atoms with Gasteiger partial charge in [0, 0.05) is 24.7 Å². The second-order valence-corrected chi connectivity index (χ2v) is 5.81. The average molecular weight is 356 g/mol. The standard InChI is InChI=1S/C13H21N3O2S.2ClH/c1-10-9-19-12(15-10)13(4-3-5-13)16-11(17)8-14-6-7-18-2;;/h9,14H,3-8H2,1-2H3,(H,16,17);2*1H. The Morgan fingerprint density at radius 2 is 2.19 bits per heavy atom. The first-order chi connectivity index (χ1) is 9.16. The van der Waals surface area contributed by atoms with Crippen LogP contribution in [0, 0.1) is 6.92 Å². The molecule has 0 aromatic carbocycles. The molecule has 2 rings (SSSR count). The first-order valence-corrected chi connectivity index (χ1v) is 7.47. The van der Waals surface area contributed by atoms with Crippen LogP contribution in [0.2, 0.25) is 0 Å². The number of rotatable bonds is 7. The minimum absolute atomic E-state index is 0. The molecule has 1 amide bonds. The van der Waals surface area contributed by atoms with Crippen molar-refractivity contribution in [3.63, 3.8) is 0 Å². The highest BCUT2D eigenvalue weighted by Gasteiger charge is 2.42. The van der Waals surface area contributed by atoms with Gasteiger partial charge in [-0.1, -0.05) is 0 Å². The number of aromatic nitrogens is 1. The topological polar surface area (TPSA) is 63.2 Å². The average Bonchev–Trinajstić information content (AvgIpc) is 2.76. The van der Waals surface area contributed by atoms with Gasteiger partial charge in [0.1, 0.15) is 5.01 Å². The summed E-state index contributed by atoms with van der Waals surface area (Å²) in [6.45, 7) is 3.62. The lowest BCUT2D eigenvalue weighted by atomic mass is 9.77. The third kappa shape index (κ3) is 5.38. The maximum atomic E-state index is 12.0. The van der Waals surface area contributed by atoms with Crippen LogP contribution in [0.25, 0.3) is 0 Å². The van der Waals surface area contributed by atoms with E-state index in [-0.39, 0.29) is 36.3 Å². The molecule has 1 aliphatic rings. The Labute approximate surface area is 142 Å². The summed E-state index contributed by atoms with van der Waals surface area (Å²) in [5.74, 6) is 0.0312. The summed E-state index contributed by atoms with van der Waals surface area (Å²) in [6, 6.07) is 0. The van der Waals surface area contributed by atoms with Crippen LogP contribution in [0.4, 0.5) is 0 Å². The molecule has 0 spiro atoms. The number of hydrogen-bond donors (Lipinski definition) is 2. The Balaban J connectivity index is 0.00000200.